The fourth-order valence-corrected chi connectivity index (χ4v) is 0.383. The molecule has 0 rings (SSSR count). The van der Waals surface area contributed by atoms with E-state index in [2.05, 4.69) is 0 Å². The van der Waals surface area contributed by atoms with Crippen molar-refractivity contribution in [1.29, 1.82) is 0 Å². The average molecular weight is 134 g/mol. The van der Waals surface area contributed by atoms with E-state index >= 15 is 0 Å². The van der Waals surface area contributed by atoms with Crippen molar-refractivity contribution in [2.45, 2.75) is 27.2 Å². The van der Waals surface area contributed by atoms with Crippen molar-refractivity contribution >= 4 is 0 Å². The molecule has 0 aliphatic carbocycles. The highest BCUT2D eigenvalue weighted by Crippen LogP contribution is 2.20. The van der Waals surface area contributed by atoms with E-state index in [1.54, 1.807) is 0 Å². The molecule has 0 amide bonds. The SMILES string of the molecule is CC(C)(C)CC=C(F)F. The van der Waals surface area contributed by atoms with Gasteiger partial charge in [-0.3, -0.25) is 0 Å². The van der Waals surface area contributed by atoms with Gasteiger partial charge < -0.3 is 0 Å². The van der Waals surface area contributed by atoms with Crippen LogP contribution in [0.25, 0.3) is 0 Å². The maximum atomic E-state index is 11.4. The van der Waals surface area contributed by atoms with Gasteiger partial charge in [0.15, 0.2) is 0 Å². The monoisotopic (exact) mass is 134 g/mol. The van der Waals surface area contributed by atoms with Crippen LogP contribution in [-0.2, 0) is 0 Å². The second-order valence-electron chi connectivity index (χ2n) is 3.26. The Hall–Kier alpha value is -0.400. The van der Waals surface area contributed by atoms with Gasteiger partial charge in [0.2, 0.25) is 0 Å². The first-order valence-corrected chi connectivity index (χ1v) is 2.93. The van der Waals surface area contributed by atoms with Crippen molar-refractivity contribution in [3.8, 4) is 0 Å². The summed E-state index contributed by atoms with van der Waals surface area (Å²) in [7, 11) is 0. The summed E-state index contributed by atoms with van der Waals surface area (Å²) in [4.78, 5) is 0. The third kappa shape index (κ3) is 7.60. The molecule has 2 heteroatoms. The van der Waals surface area contributed by atoms with E-state index in [1.807, 2.05) is 20.8 Å². The Balaban J connectivity index is 3.64. The summed E-state index contributed by atoms with van der Waals surface area (Å²) < 4.78 is 22.9. The first-order valence-electron chi connectivity index (χ1n) is 2.93. The van der Waals surface area contributed by atoms with Crippen LogP contribution in [0.1, 0.15) is 27.2 Å². The van der Waals surface area contributed by atoms with Crippen LogP contribution < -0.4 is 0 Å². The minimum Gasteiger partial charge on any atom is -0.174 e. The van der Waals surface area contributed by atoms with Crippen LogP contribution in [-0.4, -0.2) is 0 Å². The second kappa shape index (κ2) is 2.95. The molecule has 54 valence electrons. The lowest BCUT2D eigenvalue weighted by molar-refractivity contribution is 0.382. The van der Waals surface area contributed by atoms with Gasteiger partial charge in [-0.15, -0.1) is 0 Å². The molecule has 0 N–H and O–H groups in total. The van der Waals surface area contributed by atoms with Gasteiger partial charge >= 0.3 is 0 Å². The Labute approximate surface area is 54.6 Å². The third-order valence-electron chi connectivity index (χ3n) is 0.869. The van der Waals surface area contributed by atoms with Crippen LogP contribution in [0.5, 0.6) is 0 Å². The quantitative estimate of drug-likeness (QED) is 0.516. The maximum Gasteiger partial charge on any atom is 0.266 e. The van der Waals surface area contributed by atoms with Gasteiger partial charge in [0, 0.05) is 0 Å². The maximum absolute atomic E-state index is 11.4. The average Bonchev–Trinajstić information content (AvgIpc) is 1.59. The zero-order chi connectivity index (χ0) is 7.49. The molecule has 0 saturated heterocycles. The minimum atomic E-state index is -1.58. The molecule has 0 aromatic heterocycles. The van der Waals surface area contributed by atoms with E-state index in [-0.39, 0.29) is 5.41 Å². The van der Waals surface area contributed by atoms with Gasteiger partial charge in [-0.25, -0.2) is 0 Å². The first kappa shape index (κ1) is 8.60. The summed E-state index contributed by atoms with van der Waals surface area (Å²) >= 11 is 0. The fraction of sp³-hybridized carbons (Fsp3) is 0.714. The standard InChI is InChI=1S/C7H12F2/c1-7(2,3)5-4-6(8)9/h4H,5H2,1-3H3. The van der Waals surface area contributed by atoms with Crippen LogP contribution in [0.15, 0.2) is 12.2 Å². The van der Waals surface area contributed by atoms with Gasteiger partial charge in [-0.1, -0.05) is 20.8 Å². The lowest BCUT2D eigenvalue weighted by Gasteiger charge is -2.13. The van der Waals surface area contributed by atoms with Crippen molar-refractivity contribution in [3.05, 3.63) is 12.2 Å². The molecule has 0 fully saturated rings. The van der Waals surface area contributed by atoms with Crippen LogP contribution in [0.4, 0.5) is 8.78 Å². The number of hydrogen-bond acceptors (Lipinski definition) is 0. The second-order valence-corrected chi connectivity index (χ2v) is 3.26. The van der Waals surface area contributed by atoms with E-state index in [0.717, 1.165) is 6.08 Å². The summed E-state index contributed by atoms with van der Waals surface area (Å²) in [6.45, 7) is 5.77. The summed E-state index contributed by atoms with van der Waals surface area (Å²) in [6.07, 6.45) is -0.181. The summed E-state index contributed by atoms with van der Waals surface area (Å²) in [5.74, 6) is 0. The first-order chi connectivity index (χ1) is 3.92. The van der Waals surface area contributed by atoms with Gasteiger partial charge in [-0.05, 0) is 17.9 Å². The Morgan fingerprint density at radius 3 is 1.89 bits per heavy atom. The fourth-order valence-electron chi connectivity index (χ4n) is 0.383. The topological polar surface area (TPSA) is 0 Å². The van der Waals surface area contributed by atoms with Crippen molar-refractivity contribution < 1.29 is 8.78 Å². The number of rotatable bonds is 1. The highest BCUT2D eigenvalue weighted by Gasteiger charge is 2.07. The third-order valence-corrected chi connectivity index (χ3v) is 0.869. The molecule has 0 heterocycles. The van der Waals surface area contributed by atoms with Crippen LogP contribution >= 0.6 is 0 Å². The molecule has 0 unspecified atom stereocenters. The van der Waals surface area contributed by atoms with Crippen molar-refractivity contribution in [2.24, 2.45) is 5.41 Å². The smallest absolute Gasteiger partial charge is 0.174 e. The molecule has 0 nitrogen and oxygen atoms in total. The van der Waals surface area contributed by atoms with Crippen molar-refractivity contribution in [3.63, 3.8) is 0 Å². The molecule has 0 atom stereocenters. The Bertz CT molecular complexity index is 105. The molecular formula is C7H12F2. The van der Waals surface area contributed by atoms with Gasteiger partial charge in [-0.2, -0.15) is 8.78 Å². The van der Waals surface area contributed by atoms with Crippen LogP contribution in [0.3, 0.4) is 0 Å². The van der Waals surface area contributed by atoms with Crippen LogP contribution in [0.2, 0.25) is 0 Å². The van der Waals surface area contributed by atoms with Gasteiger partial charge in [0.05, 0.1) is 0 Å². The predicted octanol–water partition coefficient (Wildman–Crippen LogP) is 3.20. The molecule has 0 aromatic carbocycles. The zero-order valence-corrected chi connectivity index (χ0v) is 6.04. The summed E-state index contributed by atoms with van der Waals surface area (Å²) in [5.41, 5.74) is -0.0244. The van der Waals surface area contributed by atoms with E-state index in [9.17, 15) is 8.78 Å². The number of allylic oxidation sites excluding steroid dienone is 1. The highest BCUT2D eigenvalue weighted by atomic mass is 19.3. The minimum absolute atomic E-state index is 0.0244. The molecule has 0 radical (unpaired) electrons. The van der Waals surface area contributed by atoms with E-state index in [4.69, 9.17) is 0 Å². The lowest BCUT2D eigenvalue weighted by Crippen LogP contribution is -2.01. The lowest BCUT2D eigenvalue weighted by atomic mass is 9.92. The van der Waals surface area contributed by atoms with E-state index in [1.165, 1.54) is 0 Å². The molecule has 0 aromatic rings. The molecule has 0 aliphatic heterocycles. The number of hydrogen-bond donors (Lipinski definition) is 0. The number of halogens is 2. The Morgan fingerprint density at radius 1 is 1.33 bits per heavy atom. The summed E-state index contributed by atoms with van der Waals surface area (Å²) in [6, 6.07) is 0. The Kier molecular flexibility index (Phi) is 2.82. The highest BCUT2D eigenvalue weighted by molar-refractivity contribution is 4.84. The molecule has 0 saturated carbocycles. The largest absolute Gasteiger partial charge is 0.266 e. The molecule has 0 bridgehead atoms. The summed E-state index contributed by atoms with van der Waals surface area (Å²) in [5, 5.41) is 0. The van der Waals surface area contributed by atoms with Gasteiger partial charge in [0.1, 0.15) is 0 Å². The van der Waals surface area contributed by atoms with Crippen molar-refractivity contribution in [1.82, 2.24) is 0 Å². The molecule has 0 spiro atoms. The normalized spacial score (nSPS) is 11.2. The van der Waals surface area contributed by atoms with E-state index in [0.29, 0.717) is 6.42 Å². The molecule has 0 aliphatic rings. The van der Waals surface area contributed by atoms with E-state index < -0.39 is 6.08 Å². The molecular weight excluding hydrogens is 122 g/mol. The zero-order valence-electron chi connectivity index (χ0n) is 6.04. The van der Waals surface area contributed by atoms with Gasteiger partial charge in [0.25, 0.3) is 6.08 Å². The Morgan fingerprint density at radius 2 is 1.78 bits per heavy atom. The molecule has 9 heavy (non-hydrogen) atoms. The van der Waals surface area contributed by atoms with Crippen molar-refractivity contribution in [2.75, 3.05) is 0 Å². The van der Waals surface area contributed by atoms with Crippen LogP contribution in [0, 0.1) is 5.41 Å². The predicted molar refractivity (Wildman–Crippen MR) is 34.4 cm³/mol.